The molecular weight excluding hydrogens is 250 g/mol. The molecule has 6 heteroatoms. The first-order chi connectivity index (χ1) is 8.54. The summed E-state index contributed by atoms with van der Waals surface area (Å²) in [5.74, 6) is -0.760. The summed E-state index contributed by atoms with van der Waals surface area (Å²) in [6.07, 6.45) is 4.74. The van der Waals surface area contributed by atoms with Crippen LogP contribution in [0.3, 0.4) is 0 Å². The van der Waals surface area contributed by atoms with Crippen LogP contribution in [0.25, 0.3) is 0 Å². The Morgan fingerprint density at radius 2 is 2.39 bits per heavy atom. The number of carboxylic acid groups (broad SMARTS) is 1. The SMILES string of the molecule is CCC(C)N(C)CCn1ccnc1SCC(=O)O. The second-order valence-corrected chi connectivity index (χ2v) is 5.27. The van der Waals surface area contributed by atoms with E-state index in [0.717, 1.165) is 24.7 Å². The van der Waals surface area contributed by atoms with Gasteiger partial charge in [0.05, 0.1) is 5.75 Å². The molecule has 0 aromatic carbocycles. The first-order valence-electron chi connectivity index (χ1n) is 6.10. The van der Waals surface area contributed by atoms with Crippen LogP contribution in [0.1, 0.15) is 20.3 Å². The molecule has 1 aromatic rings. The average molecular weight is 271 g/mol. The van der Waals surface area contributed by atoms with Gasteiger partial charge in [-0.25, -0.2) is 4.98 Å². The van der Waals surface area contributed by atoms with E-state index in [1.54, 1.807) is 6.20 Å². The monoisotopic (exact) mass is 271 g/mol. The molecule has 0 spiro atoms. The molecule has 5 nitrogen and oxygen atoms in total. The van der Waals surface area contributed by atoms with Crippen molar-refractivity contribution < 1.29 is 9.90 Å². The van der Waals surface area contributed by atoms with E-state index in [-0.39, 0.29) is 5.75 Å². The number of hydrogen-bond donors (Lipinski definition) is 1. The molecule has 0 fully saturated rings. The molecule has 1 rings (SSSR count). The van der Waals surface area contributed by atoms with Crippen molar-refractivity contribution in [3.8, 4) is 0 Å². The Hall–Kier alpha value is -1.01. The van der Waals surface area contributed by atoms with Crippen molar-refractivity contribution in [3.63, 3.8) is 0 Å². The third kappa shape index (κ3) is 4.70. The third-order valence-corrected chi connectivity index (χ3v) is 4.03. The van der Waals surface area contributed by atoms with Crippen LogP contribution in [0.4, 0.5) is 0 Å². The Balaban J connectivity index is 2.47. The lowest BCUT2D eigenvalue weighted by Gasteiger charge is -2.23. The van der Waals surface area contributed by atoms with Crippen molar-refractivity contribution in [1.29, 1.82) is 0 Å². The number of hydrogen-bond acceptors (Lipinski definition) is 4. The average Bonchev–Trinajstić information content (AvgIpc) is 2.79. The molecule has 1 heterocycles. The molecule has 0 saturated carbocycles. The van der Waals surface area contributed by atoms with Crippen LogP contribution >= 0.6 is 11.8 Å². The van der Waals surface area contributed by atoms with Crippen LogP contribution in [0.2, 0.25) is 0 Å². The highest BCUT2D eigenvalue weighted by atomic mass is 32.2. The summed E-state index contributed by atoms with van der Waals surface area (Å²) in [5, 5.41) is 9.43. The Labute approximate surface area is 112 Å². The van der Waals surface area contributed by atoms with Gasteiger partial charge in [0.2, 0.25) is 0 Å². The van der Waals surface area contributed by atoms with Crippen molar-refractivity contribution >= 4 is 17.7 Å². The Bertz CT molecular complexity index is 381. The van der Waals surface area contributed by atoms with Crippen molar-refractivity contribution in [2.45, 2.75) is 38.0 Å². The van der Waals surface area contributed by atoms with Crippen LogP contribution in [0, 0.1) is 0 Å². The summed E-state index contributed by atoms with van der Waals surface area (Å²) in [6, 6.07) is 0.559. The van der Waals surface area contributed by atoms with Gasteiger partial charge in [0, 0.05) is 31.5 Å². The summed E-state index contributed by atoms with van der Waals surface area (Å²) in [7, 11) is 2.11. The van der Waals surface area contributed by atoms with E-state index in [4.69, 9.17) is 5.11 Å². The maximum atomic E-state index is 10.5. The zero-order valence-electron chi connectivity index (χ0n) is 11.2. The van der Waals surface area contributed by atoms with E-state index in [1.165, 1.54) is 11.8 Å². The molecule has 18 heavy (non-hydrogen) atoms. The molecular formula is C12H21N3O2S. The topological polar surface area (TPSA) is 58.4 Å². The fraction of sp³-hybridized carbons (Fsp3) is 0.667. The molecule has 1 atom stereocenters. The summed E-state index contributed by atoms with van der Waals surface area (Å²) in [4.78, 5) is 17.0. The van der Waals surface area contributed by atoms with Gasteiger partial charge in [-0.15, -0.1) is 0 Å². The van der Waals surface area contributed by atoms with Crippen LogP contribution in [-0.4, -0.2) is 50.9 Å². The molecule has 0 radical (unpaired) electrons. The first kappa shape index (κ1) is 15.0. The predicted molar refractivity (Wildman–Crippen MR) is 73.0 cm³/mol. The minimum absolute atomic E-state index is 0.0538. The van der Waals surface area contributed by atoms with Gasteiger partial charge in [-0.1, -0.05) is 18.7 Å². The first-order valence-corrected chi connectivity index (χ1v) is 7.09. The van der Waals surface area contributed by atoms with E-state index in [2.05, 4.69) is 30.8 Å². The van der Waals surface area contributed by atoms with E-state index < -0.39 is 5.97 Å². The lowest BCUT2D eigenvalue weighted by molar-refractivity contribution is -0.133. The second kappa shape index (κ2) is 7.43. The number of likely N-dealkylation sites (N-methyl/N-ethyl adjacent to an activating group) is 1. The van der Waals surface area contributed by atoms with Gasteiger partial charge in [0.1, 0.15) is 0 Å². The standard InChI is InChI=1S/C12H21N3O2S/c1-4-10(2)14(3)7-8-15-6-5-13-12(15)18-9-11(16)17/h5-6,10H,4,7-9H2,1-3H3,(H,16,17). The van der Waals surface area contributed by atoms with Crippen LogP contribution < -0.4 is 0 Å². The van der Waals surface area contributed by atoms with Gasteiger partial charge in [-0.2, -0.15) is 0 Å². The normalized spacial score (nSPS) is 12.9. The highest BCUT2D eigenvalue weighted by Gasteiger charge is 2.09. The van der Waals surface area contributed by atoms with Gasteiger partial charge >= 0.3 is 5.97 Å². The molecule has 0 bridgehead atoms. The van der Waals surface area contributed by atoms with E-state index >= 15 is 0 Å². The molecule has 0 aliphatic rings. The van der Waals surface area contributed by atoms with Crippen molar-refractivity contribution in [1.82, 2.24) is 14.5 Å². The summed E-state index contributed by atoms with van der Waals surface area (Å²) in [6.45, 7) is 6.15. The van der Waals surface area contributed by atoms with Crippen LogP contribution in [0.15, 0.2) is 17.6 Å². The lowest BCUT2D eigenvalue weighted by atomic mass is 10.2. The van der Waals surface area contributed by atoms with Crippen LogP contribution in [-0.2, 0) is 11.3 Å². The van der Waals surface area contributed by atoms with E-state index in [0.29, 0.717) is 6.04 Å². The van der Waals surface area contributed by atoms with Gasteiger partial charge in [-0.05, 0) is 20.4 Å². The zero-order chi connectivity index (χ0) is 13.5. The predicted octanol–water partition coefficient (Wildman–Crippen LogP) is 1.79. The van der Waals surface area contributed by atoms with Crippen molar-refractivity contribution in [3.05, 3.63) is 12.4 Å². The number of aromatic nitrogens is 2. The molecule has 1 N–H and O–H groups in total. The lowest BCUT2D eigenvalue weighted by Crippen LogP contribution is -2.31. The number of nitrogens with zero attached hydrogens (tertiary/aromatic N) is 3. The summed E-state index contributed by atoms with van der Waals surface area (Å²) in [5.41, 5.74) is 0. The van der Waals surface area contributed by atoms with Gasteiger partial charge in [-0.3, -0.25) is 4.79 Å². The summed E-state index contributed by atoms with van der Waals surface area (Å²) < 4.78 is 2.01. The number of carboxylic acids is 1. The highest BCUT2D eigenvalue weighted by molar-refractivity contribution is 7.99. The van der Waals surface area contributed by atoms with Gasteiger partial charge in [0.15, 0.2) is 5.16 Å². The zero-order valence-corrected chi connectivity index (χ0v) is 12.0. The maximum absolute atomic E-state index is 10.5. The fourth-order valence-electron chi connectivity index (χ4n) is 1.53. The largest absolute Gasteiger partial charge is 0.481 e. The number of carbonyl (C=O) groups is 1. The van der Waals surface area contributed by atoms with E-state index in [1.807, 2.05) is 10.8 Å². The molecule has 0 aliphatic carbocycles. The Kier molecular flexibility index (Phi) is 6.21. The van der Waals surface area contributed by atoms with Gasteiger partial charge in [0.25, 0.3) is 0 Å². The third-order valence-electron chi connectivity index (χ3n) is 3.04. The fourth-order valence-corrected chi connectivity index (χ4v) is 2.24. The molecule has 102 valence electrons. The quantitative estimate of drug-likeness (QED) is 0.731. The highest BCUT2D eigenvalue weighted by Crippen LogP contribution is 2.15. The number of rotatable bonds is 8. The number of imidazole rings is 1. The van der Waals surface area contributed by atoms with Crippen LogP contribution in [0.5, 0.6) is 0 Å². The molecule has 0 amide bonds. The van der Waals surface area contributed by atoms with Crippen molar-refractivity contribution in [2.24, 2.45) is 0 Å². The minimum atomic E-state index is -0.814. The molecule has 0 saturated heterocycles. The number of thioether (sulfide) groups is 1. The maximum Gasteiger partial charge on any atom is 0.313 e. The molecule has 0 aliphatic heterocycles. The number of aliphatic carboxylic acids is 1. The molecule has 1 unspecified atom stereocenters. The van der Waals surface area contributed by atoms with Crippen molar-refractivity contribution in [2.75, 3.05) is 19.3 Å². The molecule has 1 aromatic heterocycles. The summed E-state index contributed by atoms with van der Waals surface area (Å²) >= 11 is 1.26. The smallest absolute Gasteiger partial charge is 0.313 e. The van der Waals surface area contributed by atoms with E-state index in [9.17, 15) is 4.79 Å². The Morgan fingerprint density at radius 1 is 1.67 bits per heavy atom. The van der Waals surface area contributed by atoms with Gasteiger partial charge < -0.3 is 14.6 Å². The minimum Gasteiger partial charge on any atom is -0.481 e. The second-order valence-electron chi connectivity index (χ2n) is 4.32. The Morgan fingerprint density at radius 3 is 3.00 bits per heavy atom.